The third-order valence-electron chi connectivity index (χ3n) is 4.64. The Hall–Kier alpha value is -1.83. The first-order chi connectivity index (χ1) is 12.0. The molecule has 0 spiro atoms. The Morgan fingerprint density at radius 3 is 2.64 bits per heavy atom. The molecular weight excluding hydrogens is 359 g/mol. The molecule has 1 aliphatic rings. The lowest BCUT2D eigenvalue weighted by molar-refractivity contribution is 0.388. The van der Waals surface area contributed by atoms with E-state index in [0.717, 1.165) is 21.5 Å². The van der Waals surface area contributed by atoms with E-state index in [9.17, 15) is 12.8 Å². The van der Waals surface area contributed by atoms with Crippen molar-refractivity contribution in [1.29, 1.82) is 0 Å². The van der Waals surface area contributed by atoms with Crippen LogP contribution in [0.25, 0.3) is 10.9 Å². The number of thioether (sulfide) groups is 1. The molecule has 0 saturated carbocycles. The van der Waals surface area contributed by atoms with Gasteiger partial charge in [-0.05, 0) is 42.3 Å². The maximum absolute atomic E-state index is 13.1. The molecule has 0 bridgehead atoms. The van der Waals surface area contributed by atoms with Crippen molar-refractivity contribution in [1.82, 2.24) is 9.29 Å². The van der Waals surface area contributed by atoms with E-state index < -0.39 is 15.8 Å². The van der Waals surface area contributed by atoms with Gasteiger partial charge in [0.1, 0.15) is 5.82 Å². The standard InChI is InChI=1S/C18H17FN2O2S2/c1-21(25(22,23)14-8-6-12(19)7-9-14)13-10-16-15-4-2-3-5-17(15)20-18(16)24-11-13/h2-9,13,20H,10-11H2,1H3/t13-/m0/s1. The first-order valence-electron chi connectivity index (χ1n) is 7.93. The summed E-state index contributed by atoms with van der Waals surface area (Å²) in [5.41, 5.74) is 2.24. The van der Waals surface area contributed by atoms with Crippen molar-refractivity contribution in [2.24, 2.45) is 0 Å². The predicted octanol–water partition coefficient (Wildman–Crippen LogP) is 3.64. The van der Waals surface area contributed by atoms with Crippen LogP contribution >= 0.6 is 11.8 Å². The second-order valence-corrected chi connectivity index (χ2v) is 9.15. The molecule has 0 radical (unpaired) electrons. The molecule has 2 aromatic carbocycles. The van der Waals surface area contributed by atoms with Crippen molar-refractivity contribution in [3.05, 3.63) is 59.9 Å². The Kier molecular flexibility index (Phi) is 4.10. The van der Waals surface area contributed by atoms with Crippen LogP contribution in [0.4, 0.5) is 4.39 Å². The third-order valence-corrected chi connectivity index (χ3v) is 7.75. The van der Waals surface area contributed by atoms with Crippen LogP contribution in [0.3, 0.4) is 0 Å². The number of aromatic amines is 1. The molecule has 0 saturated heterocycles. The molecule has 4 nitrogen and oxygen atoms in total. The highest BCUT2D eigenvalue weighted by atomic mass is 32.2. The summed E-state index contributed by atoms with van der Waals surface area (Å²) in [4.78, 5) is 3.52. The van der Waals surface area contributed by atoms with E-state index in [0.29, 0.717) is 12.2 Å². The molecule has 4 rings (SSSR count). The molecule has 1 aliphatic heterocycles. The highest BCUT2D eigenvalue weighted by molar-refractivity contribution is 7.99. The van der Waals surface area contributed by atoms with Crippen LogP contribution in [0, 0.1) is 5.82 Å². The average molecular weight is 376 g/mol. The molecule has 1 atom stereocenters. The van der Waals surface area contributed by atoms with Crippen molar-refractivity contribution < 1.29 is 12.8 Å². The summed E-state index contributed by atoms with van der Waals surface area (Å²) < 4.78 is 40.2. The van der Waals surface area contributed by atoms with Gasteiger partial charge in [0.15, 0.2) is 0 Å². The molecule has 0 aliphatic carbocycles. The second-order valence-electron chi connectivity index (χ2n) is 6.12. The molecule has 2 heterocycles. The largest absolute Gasteiger partial charge is 0.349 e. The summed E-state index contributed by atoms with van der Waals surface area (Å²) >= 11 is 1.64. The Bertz CT molecular complexity index is 1030. The Labute approximate surface area is 150 Å². The molecule has 0 amide bonds. The van der Waals surface area contributed by atoms with E-state index in [1.54, 1.807) is 18.8 Å². The van der Waals surface area contributed by atoms with Gasteiger partial charge in [0, 0.05) is 29.7 Å². The van der Waals surface area contributed by atoms with Gasteiger partial charge < -0.3 is 4.98 Å². The van der Waals surface area contributed by atoms with Crippen LogP contribution in [-0.2, 0) is 16.4 Å². The number of nitrogens with zero attached hydrogens (tertiary/aromatic N) is 1. The second kappa shape index (κ2) is 6.16. The number of hydrogen-bond acceptors (Lipinski definition) is 3. The maximum Gasteiger partial charge on any atom is 0.243 e. The van der Waals surface area contributed by atoms with Crippen LogP contribution in [0.5, 0.6) is 0 Å². The number of likely N-dealkylation sites (N-methyl/N-ethyl adjacent to an activating group) is 1. The van der Waals surface area contributed by atoms with Gasteiger partial charge in [-0.15, -0.1) is 11.8 Å². The minimum absolute atomic E-state index is 0.117. The SMILES string of the molecule is CN([C@@H]1CSc2[nH]c3ccccc3c2C1)S(=O)(=O)c1ccc(F)cc1. The lowest BCUT2D eigenvalue weighted by atomic mass is 10.1. The fraction of sp³-hybridized carbons (Fsp3) is 0.222. The minimum atomic E-state index is -3.65. The van der Waals surface area contributed by atoms with Gasteiger partial charge in [-0.25, -0.2) is 12.8 Å². The number of benzene rings is 2. The molecule has 130 valence electrons. The molecule has 0 fully saturated rings. The topological polar surface area (TPSA) is 53.2 Å². The molecular formula is C18H17FN2O2S2. The van der Waals surface area contributed by atoms with Crippen molar-refractivity contribution in [2.45, 2.75) is 22.4 Å². The fourth-order valence-electron chi connectivity index (χ4n) is 3.18. The molecule has 25 heavy (non-hydrogen) atoms. The lowest BCUT2D eigenvalue weighted by Gasteiger charge is -2.30. The van der Waals surface area contributed by atoms with Crippen LogP contribution < -0.4 is 0 Å². The zero-order valence-electron chi connectivity index (χ0n) is 13.6. The Morgan fingerprint density at radius 1 is 1.16 bits per heavy atom. The van der Waals surface area contributed by atoms with Crippen molar-refractivity contribution in [3.63, 3.8) is 0 Å². The van der Waals surface area contributed by atoms with Crippen molar-refractivity contribution in [2.75, 3.05) is 12.8 Å². The van der Waals surface area contributed by atoms with Gasteiger partial charge >= 0.3 is 0 Å². The number of aromatic nitrogens is 1. The summed E-state index contributed by atoms with van der Waals surface area (Å²) in [6.45, 7) is 0. The fourth-order valence-corrected chi connectivity index (χ4v) is 5.88. The normalized spacial score (nSPS) is 17.8. The number of hydrogen-bond donors (Lipinski definition) is 1. The van der Waals surface area contributed by atoms with Gasteiger partial charge in [0.2, 0.25) is 10.0 Å². The van der Waals surface area contributed by atoms with Crippen molar-refractivity contribution in [3.8, 4) is 0 Å². The highest BCUT2D eigenvalue weighted by Gasteiger charge is 2.32. The zero-order valence-corrected chi connectivity index (χ0v) is 15.2. The summed E-state index contributed by atoms with van der Waals surface area (Å²) in [5, 5.41) is 2.26. The first-order valence-corrected chi connectivity index (χ1v) is 10.4. The third kappa shape index (κ3) is 2.86. The summed E-state index contributed by atoms with van der Waals surface area (Å²) in [6.07, 6.45) is 0.656. The monoisotopic (exact) mass is 376 g/mol. The quantitative estimate of drug-likeness (QED) is 0.759. The summed E-state index contributed by atoms with van der Waals surface area (Å²) in [5.74, 6) is 0.231. The molecule has 0 unspecified atom stereocenters. The number of sulfonamides is 1. The number of para-hydroxylation sites is 1. The highest BCUT2D eigenvalue weighted by Crippen LogP contribution is 2.37. The van der Waals surface area contributed by atoms with E-state index in [2.05, 4.69) is 11.1 Å². The van der Waals surface area contributed by atoms with Gasteiger partial charge in [-0.1, -0.05) is 18.2 Å². The van der Waals surface area contributed by atoms with Crippen LogP contribution in [0.2, 0.25) is 0 Å². The van der Waals surface area contributed by atoms with Gasteiger partial charge in [-0.3, -0.25) is 0 Å². The van der Waals surface area contributed by atoms with Crippen molar-refractivity contribution >= 4 is 32.7 Å². The predicted molar refractivity (Wildman–Crippen MR) is 97.9 cm³/mol. The number of rotatable bonds is 3. The first kappa shape index (κ1) is 16.6. The number of halogens is 1. The van der Waals surface area contributed by atoms with Gasteiger partial charge in [-0.2, -0.15) is 4.31 Å². The number of H-pyrrole nitrogens is 1. The Balaban J connectivity index is 1.65. The summed E-state index contributed by atoms with van der Waals surface area (Å²) in [6, 6.07) is 12.9. The lowest BCUT2D eigenvalue weighted by Crippen LogP contribution is -2.41. The van der Waals surface area contributed by atoms with E-state index in [1.807, 2.05) is 18.2 Å². The van der Waals surface area contributed by atoms with Gasteiger partial charge in [0.25, 0.3) is 0 Å². The van der Waals surface area contributed by atoms with Crippen LogP contribution in [-0.4, -0.2) is 36.5 Å². The van der Waals surface area contributed by atoms with E-state index >= 15 is 0 Å². The smallest absolute Gasteiger partial charge is 0.243 e. The van der Waals surface area contributed by atoms with E-state index in [-0.39, 0.29) is 10.9 Å². The molecule has 7 heteroatoms. The molecule has 3 aromatic rings. The van der Waals surface area contributed by atoms with Crippen LogP contribution in [0.15, 0.2) is 58.5 Å². The molecule has 1 aromatic heterocycles. The van der Waals surface area contributed by atoms with E-state index in [1.165, 1.54) is 28.6 Å². The van der Waals surface area contributed by atoms with E-state index in [4.69, 9.17) is 0 Å². The van der Waals surface area contributed by atoms with Gasteiger partial charge in [0.05, 0.1) is 9.92 Å². The average Bonchev–Trinajstić information content (AvgIpc) is 2.99. The number of fused-ring (bicyclic) bond motifs is 3. The minimum Gasteiger partial charge on any atom is -0.349 e. The summed E-state index contributed by atoms with van der Waals surface area (Å²) in [7, 11) is -2.05. The Morgan fingerprint density at radius 2 is 1.88 bits per heavy atom. The zero-order chi connectivity index (χ0) is 17.6. The van der Waals surface area contributed by atoms with Crippen LogP contribution in [0.1, 0.15) is 5.56 Å². The number of nitrogens with one attached hydrogen (secondary N) is 1. The maximum atomic E-state index is 13.1. The molecule has 1 N–H and O–H groups in total.